The zero-order valence-electron chi connectivity index (χ0n) is 14.4. The zero-order valence-corrected chi connectivity index (χ0v) is 16.8. The van der Waals surface area contributed by atoms with Crippen LogP contribution in [0.15, 0.2) is 40.3 Å². The summed E-state index contributed by atoms with van der Waals surface area (Å²) in [6, 6.07) is 9.13. The number of ether oxygens (including phenoxy) is 1. The van der Waals surface area contributed by atoms with Crippen molar-refractivity contribution in [2.75, 3.05) is 26.2 Å². The van der Waals surface area contributed by atoms with Crippen LogP contribution in [0.5, 0.6) is 5.75 Å². The van der Waals surface area contributed by atoms with Gasteiger partial charge >= 0.3 is 0 Å². The van der Waals surface area contributed by atoms with Crippen molar-refractivity contribution < 1.29 is 14.3 Å². The van der Waals surface area contributed by atoms with Gasteiger partial charge in [-0.2, -0.15) is 0 Å². The molecule has 1 aliphatic heterocycles. The van der Waals surface area contributed by atoms with Gasteiger partial charge in [0.05, 0.1) is 6.04 Å². The molecule has 8 heteroatoms. The van der Waals surface area contributed by atoms with Crippen molar-refractivity contribution in [3.63, 3.8) is 0 Å². The van der Waals surface area contributed by atoms with E-state index in [1.165, 1.54) is 11.3 Å². The highest BCUT2D eigenvalue weighted by atomic mass is 79.9. The molecule has 1 unspecified atom stereocenters. The summed E-state index contributed by atoms with van der Waals surface area (Å²) in [6.45, 7) is 3.13. The largest absolute Gasteiger partial charge is 0.484 e. The van der Waals surface area contributed by atoms with Gasteiger partial charge in [0.2, 0.25) is 5.91 Å². The predicted molar refractivity (Wildman–Crippen MR) is 103 cm³/mol. The van der Waals surface area contributed by atoms with Crippen molar-refractivity contribution in [2.45, 2.75) is 19.4 Å². The Morgan fingerprint density at radius 1 is 1.27 bits per heavy atom. The summed E-state index contributed by atoms with van der Waals surface area (Å²) in [4.78, 5) is 32.7. The summed E-state index contributed by atoms with van der Waals surface area (Å²) < 4.78 is 6.39. The highest BCUT2D eigenvalue weighted by Crippen LogP contribution is 2.31. The second-order valence-electron chi connectivity index (χ2n) is 6.01. The monoisotopic (exact) mass is 437 g/mol. The van der Waals surface area contributed by atoms with Gasteiger partial charge in [-0.1, -0.05) is 18.2 Å². The Morgan fingerprint density at radius 2 is 2.04 bits per heavy atom. The number of amides is 2. The molecule has 3 rings (SSSR count). The fourth-order valence-corrected chi connectivity index (χ4v) is 4.38. The van der Waals surface area contributed by atoms with E-state index in [2.05, 4.69) is 20.9 Å². The standard InChI is InChI=1S/C18H20BrN3O3S/c1-13(23)21-8-7-15(18-20-16(19)12-26-18)22(10-9-21)17(24)11-25-14-5-3-2-4-6-14/h2-6,12,15H,7-11H2,1H3. The summed E-state index contributed by atoms with van der Waals surface area (Å²) in [5.74, 6) is 0.587. The molecule has 1 aromatic carbocycles. The van der Waals surface area contributed by atoms with Gasteiger partial charge in [0.25, 0.3) is 5.91 Å². The molecule has 2 aromatic rings. The van der Waals surface area contributed by atoms with Gasteiger partial charge in [0.15, 0.2) is 6.61 Å². The van der Waals surface area contributed by atoms with Crippen LogP contribution in [0.3, 0.4) is 0 Å². The van der Waals surface area contributed by atoms with Crippen molar-refractivity contribution in [1.82, 2.24) is 14.8 Å². The Morgan fingerprint density at radius 3 is 2.69 bits per heavy atom. The van der Waals surface area contributed by atoms with E-state index in [4.69, 9.17) is 4.74 Å². The highest BCUT2D eigenvalue weighted by Gasteiger charge is 2.31. The number of aromatic nitrogens is 1. The fourth-order valence-electron chi connectivity index (χ4n) is 2.96. The first-order valence-electron chi connectivity index (χ1n) is 8.38. The molecule has 26 heavy (non-hydrogen) atoms. The molecule has 0 radical (unpaired) electrons. The number of rotatable bonds is 4. The summed E-state index contributed by atoms with van der Waals surface area (Å²) >= 11 is 4.89. The first-order valence-corrected chi connectivity index (χ1v) is 10.1. The summed E-state index contributed by atoms with van der Waals surface area (Å²) in [7, 11) is 0. The Kier molecular flexibility index (Phi) is 6.26. The normalized spacial score (nSPS) is 17.7. The first-order chi connectivity index (χ1) is 12.5. The van der Waals surface area contributed by atoms with Crippen molar-refractivity contribution >= 4 is 39.1 Å². The fraction of sp³-hybridized carbons (Fsp3) is 0.389. The topological polar surface area (TPSA) is 62.7 Å². The Balaban J connectivity index is 1.75. The Bertz CT molecular complexity index is 768. The van der Waals surface area contributed by atoms with Crippen LogP contribution in [-0.4, -0.2) is 52.8 Å². The van der Waals surface area contributed by atoms with Crippen molar-refractivity contribution in [3.05, 3.63) is 45.3 Å². The third kappa shape index (κ3) is 4.62. The van der Waals surface area contributed by atoms with Gasteiger partial charge in [0.1, 0.15) is 15.4 Å². The molecule has 138 valence electrons. The van der Waals surface area contributed by atoms with E-state index in [-0.39, 0.29) is 24.5 Å². The number of para-hydroxylation sites is 1. The summed E-state index contributed by atoms with van der Waals surface area (Å²) in [5.41, 5.74) is 0. The van der Waals surface area contributed by atoms with Crippen LogP contribution >= 0.6 is 27.3 Å². The average Bonchev–Trinajstić information content (AvgIpc) is 2.94. The lowest BCUT2D eigenvalue weighted by molar-refractivity contribution is -0.136. The molecule has 6 nitrogen and oxygen atoms in total. The minimum atomic E-state index is -0.150. The van der Waals surface area contributed by atoms with Gasteiger partial charge in [0, 0.05) is 31.9 Å². The van der Waals surface area contributed by atoms with Crippen LogP contribution in [0.25, 0.3) is 0 Å². The van der Waals surface area contributed by atoms with E-state index < -0.39 is 0 Å². The molecule has 0 aliphatic carbocycles. The van der Waals surface area contributed by atoms with Crippen LogP contribution in [0.2, 0.25) is 0 Å². The third-order valence-corrected chi connectivity index (χ3v) is 5.96. The Labute approximate surface area is 164 Å². The molecule has 2 amide bonds. The minimum absolute atomic E-state index is 0.0268. The Hall–Kier alpha value is -1.93. The SMILES string of the molecule is CC(=O)N1CCC(c2nc(Br)cs2)N(C(=O)COc2ccccc2)CC1. The number of carbonyl (C=O) groups excluding carboxylic acids is 2. The predicted octanol–water partition coefficient (Wildman–Crippen LogP) is 3.11. The van der Waals surface area contributed by atoms with E-state index in [1.807, 2.05) is 35.7 Å². The average molecular weight is 438 g/mol. The molecule has 0 spiro atoms. The summed E-state index contributed by atoms with van der Waals surface area (Å²) in [5, 5.41) is 2.78. The molecule has 1 saturated heterocycles. The van der Waals surface area contributed by atoms with Gasteiger partial charge in [-0.25, -0.2) is 4.98 Å². The third-order valence-electron chi connectivity index (χ3n) is 4.31. The van der Waals surface area contributed by atoms with E-state index >= 15 is 0 Å². The van der Waals surface area contributed by atoms with Gasteiger partial charge in [-0.3, -0.25) is 9.59 Å². The van der Waals surface area contributed by atoms with E-state index in [9.17, 15) is 9.59 Å². The van der Waals surface area contributed by atoms with Crippen LogP contribution in [-0.2, 0) is 9.59 Å². The van der Waals surface area contributed by atoms with Crippen LogP contribution < -0.4 is 4.74 Å². The van der Waals surface area contributed by atoms with E-state index in [1.54, 1.807) is 16.7 Å². The van der Waals surface area contributed by atoms with Crippen LogP contribution in [0, 0.1) is 0 Å². The van der Waals surface area contributed by atoms with Gasteiger partial charge in [-0.15, -0.1) is 11.3 Å². The number of nitrogens with zero attached hydrogens (tertiary/aromatic N) is 3. The lowest BCUT2D eigenvalue weighted by atomic mass is 10.2. The van der Waals surface area contributed by atoms with Gasteiger partial charge < -0.3 is 14.5 Å². The molecule has 1 aliphatic rings. The number of hydrogen-bond donors (Lipinski definition) is 0. The molecule has 1 fully saturated rings. The first kappa shape index (κ1) is 18.8. The summed E-state index contributed by atoms with van der Waals surface area (Å²) in [6.07, 6.45) is 0.663. The maximum absolute atomic E-state index is 12.9. The second-order valence-corrected chi connectivity index (χ2v) is 7.71. The molecular weight excluding hydrogens is 418 g/mol. The molecular formula is C18H20BrN3O3S. The minimum Gasteiger partial charge on any atom is -0.484 e. The van der Waals surface area contributed by atoms with Crippen LogP contribution in [0.1, 0.15) is 24.4 Å². The highest BCUT2D eigenvalue weighted by molar-refractivity contribution is 9.10. The van der Waals surface area contributed by atoms with Crippen molar-refractivity contribution in [3.8, 4) is 5.75 Å². The zero-order chi connectivity index (χ0) is 18.5. The van der Waals surface area contributed by atoms with E-state index in [0.717, 1.165) is 9.61 Å². The number of halogens is 1. The maximum atomic E-state index is 12.9. The lowest BCUT2D eigenvalue weighted by Gasteiger charge is -2.28. The second kappa shape index (κ2) is 8.64. The number of carbonyl (C=O) groups is 2. The number of thiazole rings is 1. The quantitative estimate of drug-likeness (QED) is 0.736. The lowest BCUT2D eigenvalue weighted by Crippen LogP contribution is -2.40. The molecule has 0 N–H and O–H groups in total. The van der Waals surface area contributed by atoms with Crippen LogP contribution in [0.4, 0.5) is 0 Å². The molecule has 0 bridgehead atoms. The number of benzene rings is 1. The molecule has 0 saturated carbocycles. The molecule has 1 aromatic heterocycles. The van der Waals surface area contributed by atoms with Crippen molar-refractivity contribution in [1.29, 1.82) is 0 Å². The number of hydrogen-bond acceptors (Lipinski definition) is 5. The smallest absolute Gasteiger partial charge is 0.261 e. The van der Waals surface area contributed by atoms with E-state index in [0.29, 0.717) is 31.8 Å². The van der Waals surface area contributed by atoms with Gasteiger partial charge in [-0.05, 0) is 34.5 Å². The molecule has 1 atom stereocenters. The van der Waals surface area contributed by atoms with Crippen molar-refractivity contribution in [2.24, 2.45) is 0 Å². The molecule has 2 heterocycles. The maximum Gasteiger partial charge on any atom is 0.261 e.